The van der Waals surface area contributed by atoms with E-state index in [2.05, 4.69) is 11.9 Å². The predicted molar refractivity (Wildman–Crippen MR) is 83.2 cm³/mol. The Kier molecular flexibility index (Phi) is 6.72. The largest absolute Gasteiger partial charge is 0.481 e. The third kappa shape index (κ3) is 5.06. The van der Waals surface area contributed by atoms with E-state index >= 15 is 0 Å². The molecule has 0 bridgehead atoms. The predicted octanol–water partition coefficient (Wildman–Crippen LogP) is 3.02. The highest BCUT2D eigenvalue weighted by atomic mass is 16.4. The molecule has 1 saturated carbocycles. The minimum absolute atomic E-state index is 0.203. The first-order chi connectivity index (χ1) is 9.91. The van der Waals surface area contributed by atoms with E-state index in [4.69, 9.17) is 0 Å². The number of carbonyl (C=O) groups excluding carboxylic acids is 1. The van der Waals surface area contributed by atoms with E-state index < -0.39 is 11.4 Å². The minimum atomic E-state index is -0.797. The number of amides is 2. The molecule has 0 radical (unpaired) electrons. The fraction of sp³-hybridized carbons (Fsp3) is 0.750. The summed E-state index contributed by atoms with van der Waals surface area (Å²) < 4.78 is 0. The van der Waals surface area contributed by atoms with Crippen molar-refractivity contribution in [1.82, 2.24) is 10.2 Å². The Bertz CT molecular complexity index is 385. The molecule has 0 aliphatic heterocycles. The molecule has 5 nitrogen and oxygen atoms in total. The average Bonchev–Trinajstić information content (AvgIpc) is 2.68. The molecule has 0 aromatic rings. The van der Waals surface area contributed by atoms with Crippen LogP contribution in [0.5, 0.6) is 0 Å². The van der Waals surface area contributed by atoms with E-state index in [0.29, 0.717) is 25.9 Å². The topological polar surface area (TPSA) is 69.6 Å². The van der Waals surface area contributed by atoms with E-state index in [0.717, 1.165) is 31.3 Å². The molecule has 1 aliphatic rings. The lowest BCUT2D eigenvalue weighted by Crippen LogP contribution is -2.48. The molecule has 1 fully saturated rings. The van der Waals surface area contributed by atoms with Crippen molar-refractivity contribution < 1.29 is 14.7 Å². The second-order valence-corrected chi connectivity index (χ2v) is 6.13. The van der Waals surface area contributed by atoms with Crippen LogP contribution in [-0.4, -0.2) is 41.6 Å². The molecule has 1 rings (SSSR count). The maximum absolute atomic E-state index is 12.2. The Morgan fingerprint density at radius 3 is 2.24 bits per heavy atom. The van der Waals surface area contributed by atoms with Crippen LogP contribution in [0.2, 0.25) is 0 Å². The number of hydrogen-bond donors (Lipinski definition) is 2. The zero-order valence-corrected chi connectivity index (χ0v) is 13.3. The second kappa shape index (κ2) is 8.05. The zero-order chi connectivity index (χ0) is 15.9. The van der Waals surface area contributed by atoms with Gasteiger partial charge < -0.3 is 15.3 Å². The van der Waals surface area contributed by atoms with Crippen molar-refractivity contribution in [3.05, 3.63) is 12.2 Å². The summed E-state index contributed by atoms with van der Waals surface area (Å²) >= 11 is 0. The quantitative estimate of drug-likeness (QED) is 0.584. The summed E-state index contributed by atoms with van der Waals surface area (Å²) in [5.41, 5.74) is 0.115. The molecule has 0 aromatic carbocycles. The molecule has 0 atom stereocenters. The summed E-state index contributed by atoms with van der Waals surface area (Å²) in [5, 5.41) is 12.4. The van der Waals surface area contributed by atoms with Crippen LogP contribution in [0.25, 0.3) is 0 Å². The highest BCUT2D eigenvalue weighted by molar-refractivity contribution is 5.78. The number of rotatable bonds is 6. The summed E-state index contributed by atoms with van der Waals surface area (Å²) in [5.74, 6) is -0.785. The van der Waals surface area contributed by atoms with Crippen LogP contribution >= 0.6 is 0 Å². The van der Waals surface area contributed by atoms with E-state index in [1.54, 1.807) is 4.90 Å². The van der Waals surface area contributed by atoms with Gasteiger partial charge >= 0.3 is 12.0 Å². The van der Waals surface area contributed by atoms with E-state index in [9.17, 15) is 14.7 Å². The molecule has 120 valence electrons. The van der Waals surface area contributed by atoms with Gasteiger partial charge in [-0.05, 0) is 26.7 Å². The zero-order valence-electron chi connectivity index (χ0n) is 13.3. The van der Waals surface area contributed by atoms with Gasteiger partial charge in [0, 0.05) is 19.6 Å². The molecular weight excluding hydrogens is 268 g/mol. The van der Waals surface area contributed by atoms with Crippen molar-refractivity contribution in [3.63, 3.8) is 0 Å². The number of aliphatic carboxylic acids is 1. The summed E-state index contributed by atoms with van der Waals surface area (Å²) in [7, 11) is 0. The molecule has 1 aliphatic carbocycles. The van der Waals surface area contributed by atoms with Gasteiger partial charge in [-0.1, -0.05) is 37.8 Å². The van der Waals surface area contributed by atoms with Gasteiger partial charge in [0.1, 0.15) is 0 Å². The molecule has 0 aromatic heterocycles. The van der Waals surface area contributed by atoms with Crippen molar-refractivity contribution in [2.75, 3.05) is 19.6 Å². The van der Waals surface area contributed by atoms with Gasteiger partial charge in [-0.25, -0.2) is 4.79 Å². The van der Waals surface area contributed by atoms with Gasteiger partial charge in [-0.2, -0.15) is 0 Å². The summed E-state index contributed by atoms with van der Waals surface area (Å²) in [6.07, 6.45) is 5.31. The Labute approximate surface area is 127 Å². The average molecular weight is 296 g/mol. The Balaban J connectivity index is 2.65. The van der Waals surface area contributed by atoms with E-state index in [1.807, 2.05) is 13.8 Å². The Hall–Kier alpha value is -1.52. The maximum Gasteiger partial charge on any atom is 0.317 e. The molecule has 21 heavy (non-hydrogen) atoms. The van der Waals surface area contributed by atoms with Gasteiger partial charge in [-0.3, -0.25) is 4.79 Å². The van der Waals surface area contributed by atoms with Crippen molar-refractivity contribution >= 4 is 12.0 Å². The standard InChI is InChI=1S/C16H28N2O3/c1-4-18(11-13(2)3)15(21)17-12-16(14(19)20)9-7-5-6-8-10-16/h2,4-12H2,1,3H3,(H,17,21)(H,19,20). The lowest BCUT2D eigenvalue weighted by Gasteiger charge is -2.30. The second-order valence-electron chi connectivity index (χ2n) is 6.13. The van der Waals surface area contributed by atoms with Gasteiger partial charge in [-0.15, -0.1) is 0 Å². The van der Waals surface area contributed by atoms with Gasteiger partial charge in [0.25, 0.3) is 0 Å². The fourth-order valence-corrected chi connectivity index (χ4v) is 2.88. The van der Waals surface area contributed by atoms with Gasteiger partial charge in [0.05, 0.1) is 5.41 Å². The smallest absolute Gasteiger partial charge is 0.317 e. The van der Waals surface area contributed by atoms with Crippen LogP contribution in [0.1, 0.15) is 52.4 Å². The first kappa shape index (κ1) is 17.5. The number of carbonyl (C=O) groups is 2. The van der Waals surface area contributed by atoms with Gasteiger partial charge in [0.2, 0.25) is 0 Å². The molecule has 5 heteroatoms. The maximum atomic E-state index is 12.2. The van der Waals surface area contributed by atoms with E-state index in [1.165, 1.54) is 0 Å². The molecule has 0 unspecified atom stereocenters. The number of carboxylic acid groups (broad SMARTS) is 1. The number of nitrogens with zero attached hydrogens (tertiary/aromatic N) is 1. The third-order valence-corrected chi connectivity index (χ3v) is 4.22. The lowest BCUT2D eigenvalue weighted by atomic mass is 9.80. The first-order valence-electron chi connectivity index (χ1n) is 7.82. The summed E-state index contributed by atoms with van der Waals surface area (Å²) in [6, 6.07) is -0.203. The molecule has 2 amide bonds. The molecule has 2 N–H and O–H groups in total. The van der Waals surface area contributed by atoms with Crippen molar-refractivity contribution in [2.24, 2.45) is 5.41 Å². The Morgan fingerprint density at radius 1 is 1.24 bits per heavy atom. The fourth-order valence-electron chi connectivity index (χ4n) is 2.88. The SMILES string of the molecule is C=C(C)CN(CC)C(=O)NCC1(C(=O)O)CCCCCC1. The van der Waals surface area contributed by atoms with Crippen LogP contribution in [0.15, 0.2) is 12.2 Å². The highest BCUT2D eigenvalue weighted by Crippen LogP contribution is 2.34. The number of carboxylic acids is 1. The van der Waals surface area contributed by atoms with Gasteiger partial charge in [0.15, 0.2) is 0 Å². The normalized spacial score (nSPS) is 17.6. The van der Waals surface area contributed by atoms with Crippen LogP contribution in [0.3, 0.4) is 0 Å². The molecule has 0 heterocycles. The minimum Gasteiger partial charge on any atom is -0.481 e. The monoisotopic (exact) mass is 296 g/mol. The molecule has 0 saturated heterocycles. The van der Waals surface area contributed by atoms with Crippen LogP contribution in [0.4, 0.5) is 4.79 Å². The number of likely N-dealkylation sites (N-methyl/N-ethyl adjacent to an activating group) is 1. The lowest BCUT2D eigenvalue weighted by molar-refractivity contribution is -0.149. The summed E-state index contributed by atoms with van der Waals surface area (Å²) in [4.78, 5) is 25.5. The number of nitrogens with one attached hydrogen (secondary N) is 1. The van der Waals surface area contributed by atoms with Crippen LogP contribution in [0, 0.1) is 5.41 Å². The van der Waals surface area contributed by atoms with Crippen molar-refractivity contribution in [3.8, 4) is 0 Å². The number of urea groups is 1. The first-order valence-corrected chi connectivity index (χ1v) is 7.82. The van der Waals surface area contributed by atoms with Crippen molar-refractivity contribution in [1.29, 1.82) is 0 Å². The van der Waals surface area contributed by atoms with Crippen LogP contribution in [-0.2, 0) is 4.79 Å². The highest BCUT2D eigenvalue weighted by Gasteiger charge is 2.39. The number of hydrogen-bond acceptors (Lipinski definition) is 2. The molecule has 0 spiro atoms. The Morgan fingerprint density at radius 2 is 1.81 bits per heavy atom. The summed E-state index contributed by atoms with van der Waals surface area (Å²) in [6.45, 7) is 8.89. The van der Waals surface area contributed by atoms with Crippen LogP contribution < -0.4 is 5.32 Å². The van der Waals surface area contributed by atoms with E-state index in [-0.39, 0.29) is 12.6 Å². The van der Waals surface area contributed by atoms with Crippen molar-refractivity contribution in [2.45, 2.75) is 52.4 Å². The molecular formula is C16H28N2O3. The third-order valence-electron chi connectivity index (χ3n) is 4.22.